The molecule has 0 aliphatic heterocycles. The fourth-order valence-electron chi connectivity index (χ4n) is 3.36. The van der Waals surface area contributed by atoms with Gasteiger partial charge in [-0.1, -0.05) is 40.0 Å². The van der Waals surface area contributed by atoms with E-state index in [4.69, 9.17) is 0 Å². The van der Waals surface area contributed by atoms with Crippen LogP contribution in [0.4, 0.5) is 0 Å². The second-order valence-electron chi connectivity index (χ2n) is 5.68. The van der Waals surface area contributed by atoms with Gasteiger partial charge < -0.3 is 0 Å². The Bertz CT molecular complexity index is 184. The minimum absolute atomic E-state index is 0.882. The van der Waals surface area contributed by atoms with Gasteiger partial charge in [0.1, 0.15) is 0 Å². The molecule has 2 aliphatic rings. The highest BCUT2D eigenvalue weighted by atomic mass is 14.7. The maximum absolute atomic E-state index is 2.47. The molecule has 0 bridgehead atoms. The predicted octanol–water partition coefficient (Wildman–Crippen LogP) is 4.25. The van der Waals surface area contributed by atoms with Crippen LogP contribution in [0.25, 0.3) is 0 Å². The van der Waals surface area contributed by atoms with Crippen molar-refractivity contribution in [3.63, 3.8) is 0 Å². The van der Waals surface area contributed by atoms with E-state index >= 15 is 0 Å². The third-order valence-corrected chi connectivity index (χ3v) is 4.93. The third-order valence-electron chi connectivity index (χ3n) is 4.93. The Morgan fingerprint density at radius 3 is 2.69 bits per heavy atom. The summed E-state index contributed by atoms with van der Waals surface area (Å²) in [5.74, 6) is 3.19. The Morgan fingerprint density at radius 1 is 1.46 bits per heavy atom. The highest BCUT2D eigenvalue weighted by Gasteiger charge is 2.64. The van der Waals surface area contributed by atoms with Crippen molar-refractivity contribution in [1.29, 1.82) is 0 Å². The molecule has 0 spiro atoms. The highest BCUT2D eigenvalue weighted by Crippen LogP contribution is 2.73. The van der Waals surface area contributed by atoms with E-state index in [1.54, 1.807) is 19.3 Å². The average Bonchev–Trinajstić information content (AvgIpc) is 2.72. The second-order valence-corrected chi connectivity index (χ2v) is 5.68. The maximum atomic E-state index is 2.47. The summed E-state index contributed by atoms with van der Waals surface area (Å²) in [4.78, 5) is 0. The van der Waals surface area contributed by atoms with E-state index < -0.39 is 0 Å². The molecule has 4 unspecified atom stereocenters. The van der Waals surface area contributed by atoms with Crippen molar-refractivity contribution in [2.24, 2.45) is 23.2 Å². The maximum Gasteiger partial charge on any atom is -0.0240 e. The van der Waals surface area contributed by atoms with E-state index in [1.807, 2.05) is 0 Å². The number of fused-ring (bicyclic) bond motifs is 1. The molecule has 0 aromatic rings. The molecule has 0 saturated heterocycles. The monoisotopic (exact) mass is 180 g/mol. The van der Waals surface area contributed by atoms with Gasteiger partial charge in [-0.2, -0.15) is 0 Å². The van der Waals surface area contributed by atoms with Crippen molar-refractivity contribution in [2.45, 2.75) is 59.3 Å². The van der Waals surface area contributed by atoms with E-state index in [0.29, 0.717) is 0 Å². The largest absolute Gasteiger partial charge is 0.0651 e. The normalized spacial score (nSPS) is 43.6. The number of hydrogen-bond donors (Lipinski definition) is 0. The molecule has 2 fully saturated rings. The van der Waals surface area contributed by atoms with Crippen LogP contribution in [0.2, 0.25) is 0 Å². The topological polar surface area (TPSA) is 0 Å². The van der Waals surface area contributed by atoms with Crippen molar-refractivity contribution in [2.75, 3.05) is 0 Å². The van der Waals surface area contributed by atoms with Crippen LogP contribution in [0.1, 0.15) is 59.3 Å². The van der Waals surface area contributed by atoms with Crippen LogP contribution in [0.5, 0.6) is 0 Å². The molecule has 76 valence electrons. The van der Waals surface area contributed by atoms with E-state index in [2.05, 4.69) is 20.8 Å². The van der Waals surface area contributed by atoms with Gasteiger partial charge in [0, 0.05) is 0 Å². The lowest BCUT2D eigenvalue weighted by Gasteiger charge is -2.34. The van der Waals surface area contributed by atoms with Crippen LogP contribution < -0.4 is 0 Å². The summed E-state index contributed by atoms with van der Waals surface area (Å²) in [6.45, 7) is 7.17. The van der Waals surface area contributed by atoms with Gasteiger partial charge >= 0.3 is 0 Å². The molecule has 0 N–H and O–H groups in total. The lowest BCUT2D eigenvalue weighted by molar-refractivity contribution is 0.156. The Labute approximate surface area is 83.1 Å². The van der Waals surface area contributed by atoms with Gasteiger partial charge in [-0.25, -0.2) is 0 Å². The van der Waals surface area contributed by atoms with Crippen molar-refractivity contribution >= 4 is 0 Å². The fourth-order valence-corrected chi connectivity index (χ4v) is 3.36. The van der Waals surface area contributed by atoms with Crippen LogP contribution in [0.15, 0.2) is 0 Å². The zero-order valence-corrected chi connectivity index (χ0v) is 9.47. The molecule has 13 heavy (non-hydrogen) atoms. The molecule has 0 aromatic carbocycles. The molecule has 0 radical (unpaired) electrons. The van der Waals surface area contributed by atoms with Crippen LogP contribution in [0, 0.1) is 23.2 Å². The standard InChI is InChI=1S/C13H24/c1-4-10(2)6-5-7-13-9-12(13)8-11(13)3/h10-12H,4-9H2,1-3H3. The molecule has 2 saturated carbocycles. The quantitative estimate of drug-likeness (QED) is 0.593. The van der Waals surface area contributed by atoms with Crippen LogP contribution in [-0.4, -0.2) is 0 Å². The summed E-state index contributed by atoms with van der Waals surface area (Å²) in [6.07, 6.45) is 9.00. The molecule has 0 heteroatoms. The summed E-state index contributed by atoms with van der Waals surface area (Å²) < 4.78 is 0. The Hall–Kier alpha value is 0. The first-order valence-electron chi connectivity index (χ1n) is 6.19. The predicted molar refractivity (Wildman–Crippen MR) is 57.6 cm³/mol. The molecule has 0 aromatic heterocycles. The SMILES string of the molecule is CCC(C)CCCC12CC1CC2C. The van der Waals surface area contributed by atoms with Gasteiger partial charge in [0.05, 0.1) is 0 Å². The Kier molecular flexibility index (Phi) is 2.42. The van der Waals surface area contributed by atoms with Crippen LogP contribution >= 0.6 is 0 Å². The summed E-state index contributed by atoms with van der Waals surface area (Å²) in [5, 5.41) is 0. The van der Waals surface area contributed by atoms with Gasteiger partial charge in [0.25, 0.3) is 0 Å². The van der Waals surface area contributed by atoms with Crippen molar-refractivity contribution in [3.8, 4) is 0 Å². The molecule has 4 atom stereocenters. The molecule has 2 aliphatic carbocycles. The van der Waals surface area contributed by atoms with Gasteiger partial charge in [-0.15, -0.1) is 0 Å². The van der Waals surface area contributed by atoms with Gasteiger partial charge in [-0.05, 0) is 42.4 Å². The summed E-state index contributed by atoms with van der Waals surface area (Å²) in [6, 6.07) is 0. The van der Waals surface area contributed by atoms with Crippen LogP contribution in [0.3, 0.4) is 0 Å². The first-order chi connectivity index (χ1) is 6.19. The van der Waals surface area contributed by atoms with Crippen molar-refractivity contribution in [3.05, 3.63) is 0 Å². The average molecular weight is 180 g/mol. The molecule has 0 amide bonds. The van der Waals surface area contributed by atoms with Crippen LogP contribution in [-0.2, 0) is 0 Å². The highest BCUT2D eigenvalue weighted by molar-refractivity contribution is 5.13. The first-order valence-corrected chi connectivity index (χ1v) is 6.19. The minimum Gasteiger partial charge on any atom is -0.0651 e. The van der Waals surface area contributed by atoms with Crippen molar-refractivity contribution in [1.82, 2.24) is 0 Å². The Morgan fingerprint density at radius 2 is 2.23 bits per heavy atom. The molecular weight excluding hydrogens is 156 g/mol. The van der Waals surface area contributed by atoms with Gasteiger partial charge in [-0.3, -0.25) is 0 Å². The number of hydrogen-bond acceptors (Lipinski definition) is 0. The third kappa shape index (κ3) is 1.53. The molecular formula is C13H24. The number of rotatable bonds is 5. The molecule has 0 heterocycles. The fraction of sp³-hybridized carbons (Fsp3) is 1.00. The zero-order valence-electron chi connectivity index (χ0n) is 9.47. The molecule has 2 rings (SSSR count). The smallest absolute Gasteiger partial charge is 0.0240 e. The zero-order chi connectivity index (χ0) is 9.47. The first kappa shape index (κ1) is 9.55. The van der Waals surface area contributed by atoms with E-state index in [-0.39, 0.29) is 0 Å². The summed E-state index contributed by atoms with van der Waals surface area (Å²) in [5.41, 5.74) is 0.882. The summed E-state index contributed by atoms with van der Waals surface area (Å²) >= 11 is 0. The van der Waals surface area contributed by atoms with E-state index in [0.717, 1.165) is 17.3 Å². The molecule has 0 nitrogen and oxygen atoms in total. The second kappa shape index (κ2) is 3.29. The van der Waals surface area contributed by atoms with E-state index in [9.17, 15) is 0 Å². The lowest BCUT2D eigenvalue weighted by Crippen LogP contribution is -2.25. The summed E-state index contributed by atoms with van der Waals surface area (Å²) in [7, 11) is 0. The lowest BCUT2D eigenvalue weighted by atomic mass is 9.71. The van der Waals surface area contributed by atoms with E-state index in [1.165, 1.54) is 25.2 Å². The van der Waals surface area contributed by atoms with Gasteiger partial charge in [0.2, 0.25) is 0 Å². The minimum atomic E-state index is 0.882. The van der Waals surface area contributed by atoms with Gasteiger partial charge in [0.15, 0.2) is 0 Å². The Balaban J connectivity index is 1.64. The van der Waals surface area contributed by atoms with Crippen molar-refractivity contribution < 1.29 is 0 Å².